The Labute approximate surface area is 161 Å². The van der Waals surface area contributed by atoms with E-state index in [1.165, 1.54) is 11.3 Å². The number of nitrogens with one attached hydrogen (secondary N) is 2. The number of urea groups is 1. The SMILES string of the molecule is CCN1CCc2c(sc(NC(=O)NCc3cccc(Cl)c3)c2C(N)=O)C1. The second-order valence-electron chi connectivity index (χ2n) is 6.13. The molecular weight excluding hydrogens is 372 g/mol. The lowest BCUT2D eigenvalue weighted by molar-refractivity contribution is 0.1000. The van der Waals surface area contributed by atoms with E-state index >= 15 is 0 Å². The Hall–Kier alpha value is -2.09. The topological polar surface area (TPSA) is 87.5 Å². The summed E-state index contributed by atoms with van der Waals surface area (Å²) in [5, 5.41) is 6.69. The van der Waals surface area contributed by atoms with Gasteiger partial charge in [0.25, 0.3) is 5.91 Å². The zero-order chi connectivity index (χ0) is 18.7. The summed E-state index contributed by atoms with van der Waals surface area (Å²) in [6.45, 7) is 5.07. The molecule has 6 nitrogen and oxygen atoms in total. The number of benzene rings is 1. The van der Waals surface area contributed by atoms with Gasteiger partial charge in [-0.15, -0.1) is 11.3 Å². The summed E-state index contributed by atoms with van der Waals surface area (Å²) in [5.41, 5.74) is 7.88. The Morgan fingerprint density at radius 3 is 2.88 bits per heavy atom. The number of hydrogen-bond acceptors (Lipinski definition) is 4. The lowest BCUT2D eigenvalue weighted by Crippen LogP contribution is -2.30. The molecular formula is C18H21ClN4O2S. The van der Waals surface area contributed by atoms with Crippen LogP contribution in [0.2, 0.25) is 5.02 Å². The third kappa shape index (κ3) is 4.17. The standard InChI is InChI=1S/C18H21ClN4O2S/c1-2-23-7-6-13-14(10-23)26-17(15(13)16(20)24)22-18(25)21-9-11-4-3-5-12(19)8-11/h3-5,8H,2,6-7,9-10H2,1H3,(H2,20,24)(H2,21,22,25). The van der Waals surface area contributed by atoms with E-state index in [0.717, 1.165) is 42.1 Å². The highest BCUT2D eigenvalue weighted by atomic mass is 35.5. The summed E-state index contributed by atoms with van der Waals surface area (Å²) in [7, 11) is 0. The Morgan fingerprint density at radius 1 is 1.38 bits per heavy atom. The van der Waals surface area contributed by atoms with Crippen LogP contribution in [0.5, 0.6) is 0 Å². The number of hydrogen-bond donors (Lipinski definition) is 3. The van der Waals surface area contributed by atoms with Crippen molar-refractivity contribution in [3.05, 3.63) is 50.9 Å². The van der Waals surface area contributed by atoms with Crippen molar-refractivity contribution in [2.24, 2.45) is 5.73 Å². The van der Waals surface area contributed by atoms with Crippen LogP contribution in [0.15, 0.2) is 24.3 Å². The van der Waals surface area contributed by atoms with Crippen LogP contribution in [0.3, 0.4) is 0 Å². The molecule has 3 rings (SSSR count). The normalized spacial score (nSPS) is 13.9. The molecule has 3 amide bonds. The van der Waals surface area contributed by atoms with Gasteiger partial charge in [0.15, 0.2) is 0 Å². The number of rotatable bonds is 5. The van der Waals surface area contributed by atoms with Crippen LogP contribution in [-0.4, -0.2) is 29.9 Å². The molecule has 0 unspecified atom stereocenters. The quantitative estimate of drug-likeness (QED) is 0.730. The third-order valence-electron chi connectivity index (χ3n) is 4.40. The molecule has 138 valence electrons. The van der Waals surface area contributed by atoms with Crippen molar-refractivity contribution < 1.29 is 9.59 Å². The smallest absolute Gasteiger partial charge is 0.320 e. The van der Waals surface area contributed by atoms with E-state index in [4.69, 9.17) is 17.3 Å². The second kappa shape index (κ2) is 8.07. The van der Waals surface area contributed by atoms with Crippen LogP contribution in [0.4, 0.5) is 9.80 Å². The predicted octanol–water partition coefficient (Wildman–Crippen LogP) is 3.20. The van der Waals surface area contributed by atoms with E-state index in [1.807, 2.05) is 12.1 Å². The molecule has 0 radical (unpaired) electrons. The number of amides is 3. The van der Waals surface area contributed by atoms with Gasteiger partial charge < -0.3 is 11.1 Å². The predicted molar refractivity (Wildman–Crippen MR) is 105 cm³/mol. The first-order chi connectivity index (χ1) is 12.5. The highest BCUT2D eigenvalue weighted by Gasteiger charge is 2.27. The number of nitrogens with two attached hydrogens (primary N) is 1. The van der Waals surface area contributed by atoms with Gasteiger partial charge in [0, 0.05) is 29.5 Å². The summed E-state index contributed by atoms with van der Waals surface area (Å²) < 4.78 is 0. The van der Waals surface area contributed by atoms with Crippen molar-refractivity contribution in [1.82, 2.24) is 10.2 Å². The molecule has 2 heterocycles. The van der Waals surface area contributed by atoms with Crippen LogP contribution >= 0.6 is 22.9 Å². The van der Waals surface area contributed by atoms with Gasteiger partial charge in [-0.3, -0.25) is 15.0 Å². The first-order valence-electron chi connectivity index (χ1n) is 8.44. The Bertz CT molecular complexity index is 837. The minimum absolute atomic E-state index is 0.340. The number of thiophene rings is 1. The van der Waals surface area contributed by atoms with Gasteiger partial charge in [-0.05, 0) is 36.2 Å². The van der Waals surface area contributed by atoms with Crippen molar-refractivity contribution >= 4 is 39.9 Å². The Balaban J connectivity index is 1.71. The van der Waals surface area contributed by atoms with E-state index < -0.39 is 5.91 Å². The zero-order valence-electron chi connectivity index (χ0n) is 14.5. The van der Waals surface area contributed by atoms with Crippen molar-refractivity contribution in [3.63, 3.8) is 0 Å². The van der Waals surface area contributed by atoms with E-state index in [2.05, 4.69) is 22.5 Å². The largest absolute Gasteiger partial charge is 0.365 e. The van der Waals surface area contributed by atoms with Gasteiger partial charge >= 0.3 is 6.03 Å². The lowest BCUT2D eigenvalue weighted by Gasteiger charge is -2.25. The molecule has 0 aliphatic carbocycles. The molecule has 0 bridgehead atoms. The van der Waals surface area contributed by atoms with E-state index in [0.29, 0.717) is 22.1 Å². The molecule has 1 aliphatic rings. The molecule has 0 fully saturated rings. The van der Waals surface area contributed by atoms with E-state index in [-0.39, 0.29) is 6.03 Å². The average molecular weight is 393 g/mol. The van der Waals surface area contributed by atoms with Gasteiger partial charge in [0.1, 0.15) is 5.00 Å². The van der Waals surface area contributed by atoms with Crippen LogP contribution < -0.4 is 16.4 Å². The van der Waals surface area contributed by atoms with Crippen LogP contribution in [0.1, 0.15) is 33.3 Å². The molecule has 0 spiro atoms. The maximum Gasteiger partial charge on any atom is 0.320 e. The van der Waals surface area contributed by atoms with Gasteiger partial charge in [0.2, 0.25) is 0 Å². The highest BCUT2D eigenvalue weighted by Crippen LogP contribution is 2.36. The molecule has 26 heavy (non-hydrogen) atoms. The van der Waals surface area contributed by atoms with Crippen molar-refractivity contribution in [3.8, 4) is 0 Å². The summed E-state index contributed by atoms with van der Waals surface area (Å²) in [6, 6.07) is 6.90. The fraction of sp³-hybridized carbons (Fsp3) is 0.333. The number of nitrogens with zero attached hydrogens (tertiary/aromatic N) is 1. The maximum absolute atomic E-state index is 12.3. The lowest BCUT2D eigenvalue weighted by atomic mass is 10.0. The minimum Gasteiger partial charge on any atom is -0.365 e. The molecule has 4 N–H and O–H groups in total. The zero-order valence-corrected chi connectivity index (χ0v) is 16.0. The monoisotopic (exact) mass is 392 g/mol. The number of likely N-dealkylation sites (N-methyl/N-ethyl adjacent to an activating group) is 1. The number of carbonyl (C=O) groups is 2. The summed E-state index contributed by atoms with van der Waals surface area (Å²) in [4.78, 5) is 27.6. The van der Waals surface area contributed by atoms with E-state index in [1.54, 1.807) is 12.1 Å². The number of anilines is 1. The molecule has 0 atom stereocenters. The third-order valence-corrected chi connectivity index (χ3v) is 5.77. The molecule has 2 aromatic rings. The van der Waals surface area contributed by atoms with Gasteiger partial charge in [0.05, 0.1) is 5.56 Å². The van der Waals surface area contributed by atoms with Gasteiger partial charge in [-0.25, -0.2) is 4.79 Å². The van der Waals surface area contributed by atoms with Crippen LogP contribution in [0.25, 0.3) is 0 Å². The highest BCUT2D eigenvalue weighted by molar-refractivity contribution is 7.17. The second-order valence-corrected chi connectivity index (χ2v) is 7.67. The molecule has 1 aliphatic heterocycles. The number of halogens is 1. The van der Waals surface area contributed by atoms with Crippen molar-refractivity contribution in [1.29, 1.82) is 0 Å². The van der Waals surface area contributed by atoms with E-state index in [9.17, 15) is 9.59 Å². The van der Waals surface area contributed by atoms with Gasteiger partial charge in [-0.2, -0.15) is 0 Å². The fourth-order valence-corrected chi connectivity index (χ4v) is 4.55. The molecule has 1 aromatic carbocycles. The average Bonchev–Trinajstić information content (AvgIpc) is 2.96. The minimum atomic E-state index is -0.502. The number of primary amides is 1. The first-order valence-corrected chi connectivity index (χ1v) is 9.63. The molecule has 1 aromatic heterocycles. The van der Waals surface area contributed by atoms with Crippen LogP contribution in [-0.2, 0) is 19.5 Å². The Morgan fingerprint density at radius 2 is 2.19 bits per heavy atom. The Kier molecular flexibility index (Phi) is 5.80. The molecule has 0 saturated carbocycles. The first kappa shape index (κ1) is 18.7. The van der Waals surface area contributed by atoms with Crippen molar-refractivity contribution in [2.75, 3.05) is 18.4 Å². The summed E-state index contributed by atoms with van der Waals surface area (Å²) >= 11 is 7.37. The summed E-state index contributed by atoms with van der Waals surface area (Å²) in [6.07, 6.45) is 0.768. The van der Waals surface area contributed by atoms with Crippen LogP contribution in [0, 0.1) is 0 Å². The molecule has 8 heteroatoms. The number of carbonyl (C=O) groups excluding carboxylic acids is 2. The van der Waals surface area contributed by atoms with Gasteiger partial charge in [-0.1, -0.05) is 30.7 Å². The fourth-order valence-electron chi connectivity index (χ4n) is 3.05. The maximum atomic E-state index is 12.3. The number of fused-ring (bicyclic) bond motifs is 1. The summed E-state index contributed by atoms with van der Waals surface area (Å²) in [5.74, 6) is -0.502. The molecule has 0 saturated heterocycles. The van der Waals surface area contributed by atoms with Crippen molar-refractivity contribution in [2.45, 2.75) is 26.4 Å².